The molecule has 0 radical (unpaired) electrons. The van der Waals surface area contributed by atoms with E-state index in [4.69, 9.17) is 0 Å². The monoisotopic (exact) mass is 307 g/mol. The summed E-state index contributed by atoms with van der Waals surface area (Å²) in [4.78, 5) is 10.8. The minimum atomic E-state index is -0.419. The van der Waals surface area contributed by atoms with E-state index in [-0.39, 0.29) is 5.82 Å². The fraction of sp³-hybridized carbons (Fsp3) is 0.750. The molecule has 1 aliphatic carbocycles. The lowest BCUT2D eigenvalue weighted by Crippen LogP contribution is -2.35. The smallest absolute Gasteiger partial charge is 0.224 e. The third-order valence-electron chi connectivity index (χ3n) is 4.94. The predicted molar refractivity (Wildman–Crippen MR) is 86.6 cm³/mol. The number of aromatic nitrogens is 2. The number of hydrogen-bond acceptors (Lipinski definition) is 5. The summed E-state index contributed by atoms with van der Waals surface area (Å²) in [5.74, 6) is 0.959. The average Bonchev–Trinajstić information content (AvgIpc) is 3.04. The lowest BCUT2D eigenvalue weighted by atomic mass is 9.94. The number of likely N-dealkylation sites (tertiary alicyclic amines) is 1. The van der Waals surface area contributed by atoms with E-state index >= 15 is 0 Å². The second kappa shape index (κ2) is 7.22. The first kappa shape index (κ1) is 15.5. The molecule has 0 amide bonds. The topological polar surface area (TPSA) is 53.1 Å². The first-order valence-corrected chi connectivity index (χ1v) is 8.44. The molecule has 1 saturated heterocycles. The molecule has 1 aromatic rings. The Hall–Kier alpha value is -1.43. The van der Waals surface area contributed by atoms with Gasteiger partial charge in [-0.1, -0.05) is 19.3 Å². The van der Waals surface area contributed by atoms with Gasteiger partial charge >= 0.3 is 0 Å². The Morgan fingerprint density at radius 3 is 2.86 bits per heavy atom. The van der Waals surface area contributed by atoms with E-state index in [2.05, 4.69) is 25.5 Å². The van der Waals surface area contributed by atoms with E-state index in [9.17, 15) is 4.39 Å². The van der Waals surface area contributed by atoms with E-state index in [0.29, 0.717) is 11.9 Å². The maximum atomic E-state index is 13.3. The standard InChI is InChI=1S/C16H26FN5/c1-18-15-14(17)10-20-16(21-15)19-9-12-7-8-22(11-12)13-5-3-2-4-6-13/h10,12-13H,2-9,11H2,1H3,(H2,18,19,20,21)/t12-/m0/s1. The van der Waals surface area contributed by atoms with E-state index in [1.54, 1.807) is 7.05 Å². The summed E-state index contributed by atoms with van der Waals surface area (Å²) in [6, 6.07) is 0.803. The number of rotatable bonds is 5. The second-order valence-electron chi connectivity index (χ2n) is 6.46. The van der Waals surface area contributed by atoms with Gasteiger partial charge in [0, 0.05) is 26.2 Å². The molecule has 3 rings (SSSR count). The molecule has 0 unspecified atom stereocenters. The van der Waals surface area contributed by atoms with Crippen LogP contribution in [-0.4, -0.2) is 47.6 Å². The van der Waals surface area contributed by atoms with E-state index in [0.717, 1.165) is 19.1 Å². The van der Waals surface area contributed by atoms with Gasteiger partial charge in [0.2, 0.25) is 5.95 Å². The zero-order valence-corrected chi connectivity index (χ0v) is 13.3. The normalized spacial score (nSPS) is 23.6. The Kier molecular flexibility index (Phi) is 5.08. The molecule has 6 heteroatoms. The van der Waals surface area contributed by atoms with Crippen molar-refractivity contribution in [3.8, 4) is 0 Å². The lowest BCUT2D eigenvalue weighted by molar-refractivity contribution is 0.186. The predicted octanol–water partition coefficient (Wildman–Crippen LogP) is 2.72. The summed E-state index contributed by atoms with van der Waals surface area (Å²) in [5, 5.41) is 6.00. The van der Waals surface area contributed by atoms with Crippen LogP contribution in [0.25, 0.3) is 0 Å². The first-order valence-electron chi connectivity index (χ1n) is 8.44. The first-order chi connectivity index (χ1) is 10.8. The van der Waals surface area contributed by atoms with Crippen LogP contribution in [0.15, 0.2) is 6.20 Å². The van der Waals surface area contributed by atoms with Gasteiger partial charge in [0.15, 0.2) is 11.6 Å². The van der Waals surface area contributed by atoms with E-state index < -0.39 is 5.82 Å². The summed E-state index contributed by atoms with van der Waals surface area (Å²) in [6.07, 6.45) is 9.36. The molecule has 2 N–H and O–H groups in total. The molecule has 1 saturated carbocycles. The molecule has 2 aliphatic rings. The molecule has 5 nitrogen and oxygen atoms in total. The Morgan fingerprint density at radius 2 is 2.09 bits per heavy atom. The van der Waals surface area contributed by atoms with Crippen molar-refractivity contribution in [3.05, 3.63) is 12.0 Å². The van der Waals surface area contributed by atoms with Crippen molar-refractivity contribution in [1.29, 1.82) is 0 Å². The lowest BCUT2D eigenvalue weighted by Gasteiger charge is -2.31. The van der Waals surface area contributed by atoms with Crippen LogP contribution in [0.3, 0.4) is 0 Å². The van der Waals surface area contributed by atoms with E-state index in [1.807, 2.05) is 0 Å². The number of anilines is 2. The fourth-order valence-electron chi connectivity index (χ4n) is 3.67. The highest BCUT2D eigenvalue weighted by atomic mass is 19.1. The van der Waals surface area contributed by atoms with Crippen molar-refractivity contribution in [2.45, 2.75) is 44.6 Å². The molecule has 0 bridgehead atoms. The van der Waals surface area contributed by atoms with Gasteiger partial charge < -0.3 is 15.5 Å². The highest BCUT2D eigenvalue weighted by Crippen LogP contribution is 2.27. The molecule has 1 aliphatic heterocycles. The van der Waals surface area contributed by atoms with Gasteiger partial charge in [-0.3, -0.25) is 0 Å². The zero-order chi connectivity index (χ0) is 15.4. The zero-order valence-electron chi connectivity index (χ0n) is 13.3. The van der Waals surface area contributed by atoms with Crippen molar-refractivity contribution >= 4 is 11.8 Å². The van der Waals surface area contributed by atoms with Gasteiger partial charge in [0.25, 0.3) is 0 Å². The van der Waals surface area contributed by atoms with Gasteiger partial charge in [0.1, 0.15) is 0 Å². The average molecular weight is 307 g/mol. The molecule has 22 heavy (non-hydrogen) atoms. The molecule has 122 valence electrons. The van der Waals surface area contributed by atoms with Gasteiger partial charge in [-0.25, -0.2) is 9.37 Å². The van der Waals surface area contributed by atoms with Gasteiger partial charge in [-0.15, -0.1) is 0 Å². The van der Waals surface area contributed by atoms with Crippen molar-refractivity contribution in [2.75, 3.05) is 37.3 Å². The maximum absolute atomic E-state index is 13.3. The second-order valence-corrected chi connectivity index (χ2v) is 6.46. The van der Waals surface area contributed by atoms with Crippen molar-refractivity contribution in [3.63, 3.8) is 0 Å². The van der Waals surface area contributed by atoms with Crippen LogP contribution in [0.1, 0.15) is 38.5 Å². The number of hydrogen-bond donors (Lipinski definition) is 2. The summed E-state index contributed by atoms with van der Waals surface area (Å²) in [7, 11) is 1.66. The minimum absolute atomic E-state index is 0.243. The summed E-state index contributed by atoms with van der Waals surface area (Å²) >= 11 is 0. The van der Waals surface area contributed by atoms with Crippen LogP contribution in [0.5, 0.6) is 0 Å². The van der Waals surface area contributed by atoms with Crippen LogP contribution in [-0.2, 0) is 0 Å². The Bertz CT molecular complexity index is 489. The Labute approximate surface area is 131 Å². The Morgan fingerprint density at radius 1 is 1.27 bits per heavy atom. The van der Waals surface area contributed by atoms with Crippen LogP contribution in [0.4, 0.5) is 16.2 Å². The maximum Gasteiger partial charge on any atom is 0.224 e. The largest absolute Gasteiger partial charge is 0.371 e. The molecule has 2 fully saturated rings. The van der Waals surface area contributed by atoms with Crippen LogP contribution in [0, 0.1) is 11.7 Å². The molecule has 1 atom stereocenters. The van der Waals surface area contributed by atoms with Crippen molar-refractivity contribution < 1.29 is 4.39 Å². The fourth-order valence-corrected chi connectivity index (χ4v) is 3.67. The van der Waals surface area contributed by atoms with Gasteiger partial charge in [-0.2, -0.15) is 4.98 Å². The van der Waals surface area contributed by atoms with Crippen LogP contribution < -0.4 is 10.6 Å². The molecular weight excluding hydrogens is 281 g/mol. The van der Waals surface area contributed by atoms with Gasteiger partial charge in [0.05, 0.1) is 6.20 Å². The van der Waals surface area contributed by atoms with Crippen molar-refractivity contribution in [1.82, 2.24) is 14.9 Å². The molecular formula is C16H26FN5. The Balaban J connectivity index is 1.48. The third kappa shape index (κ3) is 3.66. The number of nitrogens with one attached hydrogen (secondary N) is 2. The summed E-state index contributed by atoms with van der Waals surface area (Å²) < 4.78 is 13.3. The highest BCUT2D eigenvalue weighted by Gasteiger charge is 2.28. The molecule has 1 aromatic heterocycles. The minimum Gasteiger partial charge on any atom is -0.371 e. The van der Waals surface area contributed by atoms with Crippen molar-refractivity contribution in [2.24, 2.45) is 5.92 Å². The molecule has 0 spiro atoms. The molecule has 2 heterocycles. The van der Waals surface area contributed by atoms with Gasteiger partial charge in [-0.05, 0) is 31.7 Å². The molecule has 0 aromatic carbocycles. The number of nitrogens with zero attached hydrogens (tertiary/aromatic N) is 3. The van der Waals surface area contributed by atoms with Crippen LogP contribution >= 0.6 is 0 Å². The summed E-state index contributed by atoms with van der Waals surface area (Å²) in [6.45, 7) is 3.23. The SMILES string of the molecule is CNc1nc(NC[C@@H]2CCN(C3CCCCC3)C2)ncc1F. The quantitative estimate of drug-likeness (QED) is 0.876. The number of halogens is 1. The highest BCUT2D eigenvalue weighted by molar-refractivity contribution is 5.40. The summed E-state index contributed by atoms with van der Waals surface area (Å²) in [5.41, 5.74) is 0. The van der Waals surface area contributed by atoms with Crippen LogP contribution in [0.2, 0.25) is 0 Å². The van der Waals surface area contributed by atoms with E-state index in [1.165, 1.54) is 51.3 Å². The third-order valence-corrected chi connectivity index (χ3v) is 4.94.